The van der Waals surface area contributed by atoms with Gasteiger partial charge in [-0.15, -0.1) is 0 Å². The molecule has 0 saturated heterocycles. The van der Waals surface area contributed by atoms with Crippen LogP contribution in [-0.2, 0) is 10.0 Å². The van der Waals surface area contributed by atoms with Crippen molar-refractivity contribution in [2.24, 2.45) is 0 Å². The third-order valence-electron chi connectivity index (χ3n) is 3.20. The van der Waals surface area contributed by atoms with Gasteiger partial charge in [-0.25, -0.2) is 17.8 Å². The highest BCUT2D eigenvalue weighted by molar-refractivity contribution is 7.89. The van der Waals surface area contributed by atoms with Gasteiger partial charge in [-0.2, -0.15) is 5.10 Å². The fourth-order valence-corrected chi connectivity index (χ4v) is 3.06. The van der Waals surface area contributed by atoms with Gasteiger partial charge in [0.25, 0.3) is 0 Å². The van der Waals surface area contributed by atoms with Crippen molar-refractivity contribution in [3.8, 4) is 5.69 Å². The number of aliphatic hydroxyl groups excluding tert-OH is 1. The maximum Gasteiger partial charge on any atom is 0.244 e. The van der Waals surface area contributed by atoms with Gasteiger partial charge in [0.15, 0.2) is 0 Å². The van der Waals surface area contributed by atoms with Gasteiger partial charge in [-0.1, -0.05) is 24.6 Å². The Morgan fingerprint density at radius 2 is 2.00 bits per heavy atom. The van der Waals surface area contributed by atoms with Gasteiger partial charge >= 0.3 is 0 Å². The van der Waals surface area contributed by atoms with E-state index in [9.17, 15) is 8.42 Å². The Bertz CT molecular complexity index is 689. The molecule has 1 atom stereocenters. The standard InChI is InChI=1S/C14H19N3O3S/c1-3-12(10-18)16-21(19,20)14-8-15-17(9-14)13-6-4-11(2)5-7-13/h4-9,12,16,18H,3,10H2,1-2H3. The van der Waals surface area contributed by atoms with Crippen molar-refractivity contribution in [1.29, 1.82) is 0 Å². The summed E-state index contributed by atoms with van der Waals surface area (Å²) in [5, 5.41) is 13.2. The lowest BCUT2D eigenvalue weighted by Crippen LogP contribution is -2.36. The number of hydrogen-bond acceptors (Lipinski definition) is 4. The second-order valence-electron chi connectivity index (χ2n) is 4.87. The molecule has 7 heteroatoms. The lowest BCUT2D eigenvalue weighted by Gasteiger charge is -2.12. The smallest absolute Gasteiger partial charge is 0.244 e. The normalized spacial score (nSPS) is 13.3. The molecule has 1 heterocycles. The van der Waals surface area contributed by atoms with Gasteiger partial charge in [0.2, 0.25) is 10.0 Å². The summed E-state index contributed by atoms with van der Waals surface area (Å²) in [4.78, 5) is 0.0787. The van der Waals surface area contributed by atoms with E-state index in [4.69, 9.17) is 5.11 Å². The molecule has 21 heavy (non-hydrogen) atoms. The Morgan fingerprint density at radius 1 is 1.33 bits per heavy atom. The number of rotatable bonds is 6. The summed E-state index contributed by atoms with van der Waals surface area (Å²) in [6.45, 7) is 3.55. The predicted octanol–water partition coefficient (Wildman–Crippen LogP) is 1.23. The largest absolute Gasteiger partial charge is 0.395 e. The topological polar surface area (TPSA) is 84.2 Å². The van der Waals surface area contributed by atoms with Crippen LogP contribution in [0.15, 0.2) is 41.6 Å². The van der Waals surface area contributed by atoms with Crippen LogP contribution in [0.2, 0.25) is 0 Å². The first kappa shape index (κ1) is 15.7. The third-order valence-corrected chi connectivity index (χ3v) is 4.68. The maximum absolute atomic E-state index is 12.2. The Labute approximate surface area is 124 Å². The first-order valence-corrected chi connectivity index (χ1v) is 8.19. The fraction of sp³-hybridized carbons (Fsp3) is 0.357. The van der Waals surface area contributed by atoms with Crippen molar-refractivity contribution in [3.63, 3.8) is 0 Å². The summed E-state index contributed by atoms with van der Waals surface area (Å²) >= 11 is 0. The summed E-state index contributed by atoms with van der Waals surface area (Å²) in [5.74, 6) is 0. The van der Waals surface area contributed by atoms with Crippen molar-refractivity contribution >= 4 is 10.0 Å². The highest BCUT2D eigenvalue weighted by Gasteiger charge is 2.20. The average Bonchev–Trinajstić information content (AvgIpc) is 2.96. The lowest BCUT2D eigenvalue weighted by atomic mass is 10.2. The van der Waals surface area contributed by atoms with Crippen LogP contribution in [0.5, 0.6) is 0 Å². The summed E-state index contributed by atoms with van der Waals surface area (Å²) in [5.41, 5.74) is 1.91. The molecule has 0 radical (unpaired) electrons. The van der Waals surface area contributed by atoms with Crippen molar-refractivity contribution < 1.29 is 13.5 Å². The highest BCUT2D eigenvalue weighted by Crippen LogP contribution is 2.13. The van der Waals surface area contributed by atoms with Gasteiger partial charge in [0.05, 0.1) is 24.7 Å². The van der Waals surface area contributed by atoms with Gasteiger partial charge in [-0.3, -0.25) is 0 Å². The number of sulfonamides is 1. The summed E-state index contributed by atoms with van der Waals surface area (Å²) in [6.07, 6.45) is 3.27. The van der Waals surface area contributed by atoms with Crippen LogP contribution in [0.4, 0.5) is 0 Å². The SMILES string of the molecule is CCC(CO)NS(=O)(=O)c1cnn(-c2ccc(C)cc2)c1. The first-order valence-electron chi connectivity index (χ1n) is 6.71. The van der Waals surface area contributed by atoms with Gasteiger partial charge in [-0.05, 0) is 25.5 Å². The van der Waals surface area contributed by atoms with E-state index >= 15 is 0 Å². The molecule has 0 spiro atoms. The zero-order valence-electron chi connectivity index (χ0n) is 12.0. The Kier molecular flexibility index (Phi) is 4.76. The second-order valence-corrected chi connectivity index (χ2v) is 6.58. The number of aliphatic hydroxyl groups is 1. The number of benzene rings is 1. The number of aryl methyl sites for hydroxylation is 1. The van der Waals surface area contributed by atoms with Crippen LogP contribution in [0.1, 0.15) is 18.9 Å². The minimum atomic E-state index is -3.67. The molecule has 6 nitrogen and oxygen atoms in total. The zero-order valence-corrected chi connectivity index (χ0v) is 12.8. The molecule has 0 aliphatic carbocycles. The number of nitrogens with one attached hydrogen (secondary N) is 1. The molecule has 2 rings (SSSR count). The predicted molar refractivity (Wildman–Crippen MR) is 79.8 cm³/mol. The van der Waals surface area contributed by atoms with Crippen LogP contribution < -0.4 is 4.72 Å². The summed E-state index contributed by atoms with van der Waals surface area (Å²) < 4.78 is 28.3. The summed E-state index contributed by atoms with van der Waals surface area (Å²) in [7, 11) is -3.67. The lowest BCUT2D eigenvalue weighted by molar-refractivity contribution is 0.254. The van der Waals surface area contributed by atoms with Gasteiger partial charge in [0, 0.05) is 6.04 Å². The van der Waals surface area contributed by atoms with Crippen LogP contribution >= 0.6 is 0 Å². The Balaban J connectivity index is 2.24. The highest BCUT2D eigenvalue weighted by atomic mass is 32.2. The molecule has 1 aromatic carbocycles. The molecule has 0 bridgehead atoms. The van der Waals surface area contributed by atoms with Crippen molar-refractivity contribution in [1.82, 2.24) is 14.5 Å². The van der Waals surface area contributed by atoms with E-state index in [-0.39, 0.29) is 11.5 Å². The number of nitrogens with zero attached hydrogens (tertiary/aromatic N) is 2. The maximum atomic E-state index is 12.2. The van der Waals surface area contributed by atoms with Crippen molar-refractivity contribution in [2.45, 2.75) is 31.2 Å². The molecular formula is C14H19N3O3S. The third kappa shape index (κ3) is 3.69. The monoisotopic (exact) mass is 309 g/mol. The minimum Gasteiger partial charge on any atom is -0.395 e. The summed E-state index contributed by atoms with van der Waals surface area (Å²) in [6, 6.07) is 7.12. The van der Waals surface area contributed by atoms with Gasteiger partial charge in [0.1, 0.15) is 4.90 Å². The Morgan fingerprint density at radius 3 is 2.57 bits per heavy atom. The van der Waals surface area contributed by atoms with E-state index in [2.05, 4.69) is 9.82 Å². The first-order chi connectivity index (χ1) is 9.96. The van der Waals surface area contributed by atoms with Crippen LogP contribution in [-0.4, -0.2) is 36.0 Å². The molecule has 0 aliphatic rings. The molecule has 0 saturated carbocycles. The molecule has 0 amide bonds. The van der Waals surface area contributed by atoms with Crippen LogP contribution in [0.3, 0.4) is 0 Å². The second kappa shape index (κ2) is 6.38. The quantitative estimate of drug-likeness (QED) is 0.840. The van der Waals surface area contributed by atoms with E-state index in [1.807, 2.05) is 31.2 Å². The van der Waals surface area contributed by atoms with Crippen LogP contribution in [0.25, 0.3) is 5.69 Å². The molecule has 2 aromatic rings. The van der Waals surface area contributed by atoms with E-state index < -0.39 is 16.1 Å². The Hall–Kier alpha value is -1.70. The van der Waals surface area contributed by atoms with E-state index in [0.29, 0.717) is 6.42 Å². The molecular weight excluding hydrogens is 290 g/mol. The van der Waals surface area contributed by atoms with E-state index in [1.54, 1.807) is 6.92 Å². The molecule has 114 valence electrons. The van der Waals surface area contributed by atoms with E-state index in [0.717, 1.165) is 11.3 Å². The van der Waals surface area contributed by atoms with Crippen LogP contribution in [0, 0.1) is 6.92 Å². The fourth-order valence-electron chi connectivity index (χ4n) is 1.82. The van der Waals surface area contributed by atoms with Crippen molar-refractivity contribution in [3.05, 3.63) is 42.2 Å². The molecule has 2 N–H and O–H groups in total. The zero-order chi connectivity index (χ0) is 15.5. The molecule has 1 aromatic heterocycles. The molecule has 0 fully saturated rings. The molecule has 0 aliphatic heterocycles. The average molecular weight is 309 g/mol. The molecule has 1 unspecified atom stereocenters. The number of hydrogen-bond donors (Lipinski definition) is 2. The van der Waals surface area contributed by atoms with Gasteiger partial charge < -0.3 is 5.11 Å². The minimum absolute atomic E-state index is 0.0787. The van der Waals surface area contributed by atoms with Crippen molar-refractivity contribution in [2.75, 3.05) is 6.61 Å². The van der Waals surface area contributed by atoms with E-state index in [1.165, 1.54) is 17.1 Å². The number of aromatic nitrogens is 2.